The number of carbonyl (C=O) groups is 2. The molecule has 0 aliphatic heterocycles. The summed E-state index contributed by atoms with van der Waals surface area (Å²) in [4.78, 5) is 28.2. The summed E-state index contributed by atoms with van der Waals surface area (Å²) in [7, 11) is -3.59. The number of sulfonamides is 1. The molecule has 0 aromatic heterocycles. The first kappa shape index (κ1) is 29.0. The molecule has 0 bridgehead atoms. The minimum atomic E-state index is -3.59. The lowest BCUT2D eigenvalue weighted by Gasteiger charge is -2.31. The second kappa shape index (κ2) is 12.8. The number of anilines is 1. The first-order valence-corrected chi connectivity index (χ1v) is 15.1. The highest BCUT2D eigenvalue weighted by atomic mass is 35.5. The van der Waals surface area contributed by atoms with Gasteiger partial charge in [0, 0.05) is 30.6 Å². The van der Waals surface area contributed by atoms with Gasteiger partial charge in [-0.1, -0.05) is 54.8 Å². The average Bonchev–Trinajstić information content (AvgIpc) is 3.34. The lowest BCUT2D eigenvalue weighted by atomic mass is 10.1. The molecule has 1 N–H and O–H groups in total. The van der Waals surface area contributed by atoms with E-state index in [-0.39, 0.29) is 30.8 Å². The van der Waals surface area contributed by atoms with Crippen molar-refractivity contribution in [2.75, 3.05) is 17.1 Å². The molecular formula is C28H38ClN3O4S. The molecule has 1 aliphatic carbocycles. The molecule has 2 aromatic carbocycles. The van der Waals surface area contributed by atoms with Crippen LogP contribution in [0.25, 0.3) is 0 Å². The Morgan fingerprint density at radius 2 is 1.76 bits per heavy atom. The Bertz CT molecular complexity index is 1210. The van der Waals surface area contributed by atoms with Crippen LogP contribution in [0.15, 0.2) is 42.5 Å². The third-order valence-electron chi connectivity index (χ3n) is 7.06. The molecule has 1 aliphatic rings. The van der Waals surface area contributed by atoms with Crippen molar-refractivity contribution in [1.29, 1.82) is 0 Å². The second-order valence-electron chi connectivity index (χ2n) is 9.98. The molecule has 0 spiro atoms. The molecule has 3 rings (SSSR count). The number of halogens is 1. The summed E-state index contributed by atoms with van der Waals surface area (Å²) in [6.07, 6.45) is 5.71. The van der Waals surface area contributed by atoms with Gasteiger partial charge >= 0.3 is 0 Å². The van der Waals surface area contributed by atoms with E-state index < -0.39 is 16.1 Å². The zero-order valence-electron chi connectivity index (χ0n) is 22.2. The highest BCUT2D eigenvalue weighted by Gasteiger charge is 2.29. The van der Waals surface area contributed by atoms with E-state index in [4.69, 9.17) is 11.6 Å². The Kier molecular flexibility index (Phi) is 10.0. The number of rotatable bonds is 11. The summed E-state index contributed by atoms with van der Waals surface area (Å²) >= 11 is 6.13. The van der Waals surface area contributed by atoms with Crippen LogP contribution in [0.3, 0.4) is 0 Å². The van der Waals surface area contributed by atoms with Crippen LogP contribution in [-0.2, 0) is 26.2 Å². The van der Waals surface area contributed by atoms with Gasteiger partial charge in [0.1, 0.15) is 6.04 Å². The van der Waals surface area contributed by atoms with Crippen molar-refractivity contribution in [3.8, 4) is 0 Å². The Labute approximate surface area is 226 Å². The van der Waals surface area contributed by atoms with E-state index in [0.717, 1.165) is 48.6 Å². The number of hydrogen-bond donors (Lipinski definition) is 1. The molecule has 202 valence electrons. The normalized spacial score (nSPS) is 14.8. The predicted molar refractivity (Wildman–Crippen MR) is 149 cm³/mol. The van der Waals surface area contributed by atoms with Gasteiger partial charge < -0.3 is 10.2 Å². The van der Waals surface area contributed by atoms with Crippen LogP contribution < -0.4 is 9.62 Å². The maximum Gasteiger partial charge on any atom is 0.242 e. The minimum absolute atomic E-state index is 0.110. The number of amides is 2. The Balaban J connectivity index is 1.75. The summed E-state index contributed by atoms with van der Waals surface area (Å²) in [5.41, 5.74) is 3.30. The number of aryl methyl sites for hydroxylation is 2. The van der Waals surface area contributed by atoms with Crippen molar-refractivity contribution >= 4 is 39.1 Å². The Hall–Kier alpha value is -2.58. The van der Waals surface area contributed by atoms with Crippen molar-refractivity contribution in [2.45, 2.75) is 77.9 Å². The zero-order valence-corrected chi connectivity index (χ0v) is 23.7. The van der Waals surface area contributed by atoms with Crippen molar-refractivity contribution in [2.24, 2.45) is 0 Å². The summed E-state index contributed by atoms with van der Waals surface area (Å²) in [5.74, 6) is -0.338. The van der Waals surface area contributed by atoms with Crippen LogP contribution in [0.2, 0.25) is 5.02 Å². The molecule has 7 nitrogen and oxygen atoms in total. The van der Waals surface area contributed by atoms with E-state index >= 15 is 0 Å². The molecule has 2 amide bonds. The number of hydrogen-bond acceptors (Lipinski definition) is 4. The topological polar surface area (TPSA) is 86.8 Å². The van der Waals surface area contributed by atoms with Crippen molar-refractivity contribution < 1.29 is 18.0 Å². The summed E-state index contributed by atoms with van der Waals surface area (Å²) in [5, 5.41) is 3.55. The highest BCUT2D eigenvalue weighted by molar-refractivity contribution is 7.92. The standard InChI is InChI=1S/C28H38ClN3O4S/c1-20-10-5-6-11-23(20)19-31(22(3)28(34)30-25-12-7-8-13-25)27(33)14-9-17-32(37(4,35)36)26-18-24(29)16-15-21(26)2/h5-6,10-11,15-16,18,22,25H,7-9,12-14,17,19H2,1-4H3,(H,30,34). The quantitative estimate of drug-likeness (QED) is 0.430. The first-order chi connectivity index (χ1) is 17.5. The Morgan fingerprint density at radius 3 is 2.41 bits per heavy atom. The second-order valence-corrected chi connectivity index (χ2v) is 12.3. The number of nitrogens with zero attached hydrogens (tertiary/aromatic N) is 2. The molecule has 1 unspecified atom stereocenters. The molecule has 1 saturated carbocycles. The van der Waals surface area contributed by atoms with Crippen LogP contribution in [-0.4, -0.2) is 50.0 Å². The largest absolute Gasteiger partial charge is 0.352 e. The van der Waals surface area contributed by atoms with Gasteiger partial charge in [-0.3, -0.25) is 13.9 Å². The fourth-order valence-corrected chi connectivity index (χ4v) is 5.96. The molecule has 0 saturated heterocycles. The third-order valence-corrected chi connectivity index (χ3v) is 8.48. The van der Waals surface area contributed by atoms with Crippen molar-refractivity contribution in [3.63, 3.8) is 0 Å². The van der Waals surface area contributed by atoms with E-state index in [2.05, 4.69) is 5.32 Å². The van der Waals surface area contributed by atoms with Gasteiger partial charge in [-0.25, -0.2) is 8.42 Å². The maximum atomic E-state index is 13.5. The lowest BCUT2D eigenvalue weighted by Crippen LogP contribution is -2.49. The third kappa shape index (κ3) is 7.95. The highest BCUT2D eigenvalue weighted by Crippen LogP contribution is 2.27. The Morgan fingerprint density at radius 1 is 1.08 bits per heavy atom. The summed E-state index contributed by atoms with van der Waals surface area (Å²) in [6, 6.07) is 12.4. The van der Waals surface area contributed by atoms with Crippen molar-refractivity contribution in [1.82, 2.24) is 10.2 Å². The predicted octanol–water partition coefficient (Wildman–Crippen LogP) is 4.98. The molecule has 0 radical (unpaired) electrons. The smallest absolute Gasteiger partial charge is 0.242 e. The summed E-state index contributed by atoms with van der Waals surface area (Å²) in [6.45, 7) is 6.02. The average molecular weight is 548 g/mol. The van der Waals surface area contributed by atoms with Gasteiger partial charge in [-0.2, -0.15) is 0 Å². The van der Waals surface area contributed by atoms with Crippen molar-refractivity contribution in [3.05, 3.63) is 64.2 Å². The van der Waals surface area contributed by atoms with E-state index in [1.54, 1.807) is 30.0 Å². The SMILES string of the molecule is Cc1ccccc1CN(C(=O)CCCN(c1cc(Cl)ccc1C)S(C)(=O)=O)C(C)C(=O)NC1CCCC1. The fraction of sp³-hybridized carbons (Fsp3) is 0.500. The van der Waals surface area contributed by atoms with E-state index in [0.29, 0.717) is 23.7 Å². The van der Waals surface area contributed by atoms with Gasteiger partial charge in [-0.05, 0) is 68.9 Å². The zero-order chi connectivity index (χ0) is 27.2. The number of nitrogens with one attached hydrogen (secondary N) is 1. The molecule has 9 heteroatoms. The van der Waals surface area contributed by atoms with Gasteiger partial charge in [-0.15, -0.1) is 0 Å². The van der Waals surface area contributed by atoms with E-state index in [1.807, 2.05) is 38.1 Å². The molecule has 1 atom stereocenters. The van der Waals surface area contributed by atoms with Crippen LogP contribution >= 0.6 is 11.6 Å². The van der Waals surface area contributed by atoms with Gasteiger partial charge in [0.05, 0.1) is 11.9 Å². The minimum Gasteiger partial charge on any atom is -0.352 e. The molecular weight excluding hydrogens is 510 g/mol. The van der Waals surface area contributed by atoms with Crippen LogP contribution in [0.4, 0.5) is 5.69 Å². The van der Waals surface area contributed by atoms with E-state index in [1.165, 1.54) is 4.31 Å². The van der Waals surface area contributed by atoms with E-state index in [9.17, 15) is 18.0 Å². The van der Waals surface area contributed by atoms with Gasteiger partial charge in [0.2, 0.25) is 21.8 Å². The molecule has 37 heavy (non-hydrogen) atoms. The maximum absolute atomic E-state index is 13.5. The monoisotopic (exact) mass is 547 g/mol. The molecule has 2 aromatic rings. The lowest BCUT2D eigenvalue weighted by molar-refractivity contribution is -0.141. The first-order valence-electron chi connectivity index (χ1n) is 12.9. The van der Waals surface area contributed by atoms with Crippen LogP contribution in [0.1, 0.15) is 62.1 Å². The number of benzene rings is 2. The van der Waals surface area contributed by atoms with Crippen LogP contribution in [0.5, 0.6) is 0 Å². The summed E-state index contributed by atoms with van der Waals surface area (Å²) < 4.78 is 26.5. The molecule has 1 fully saturated rings. The number of carbonyl (C=O) groups excluding carboxylic acids is 2. The van der Waals surface area contributed by atoms with Crippen LogP contribution in [0, 0.1) is 13.8 Å². The van der Waals surface area contributed by atoms with Gasteiger partial charge in [0.25, 0.3) is 0 Å². The van der Waals surface area contributed by atoms with Gasteiger partial charge in [0.15, 0.2) is 0 Å². The fourth-order valence-electron chi connectivity index (χ4n) is 4.78. The molecule has 0 heterocycles.